The predicted octanol–water partition coefficient (Wildman–Crippen LogP) is 2.95. The maximum atomic E-state index is 14.2. The monoisotopic (exact) mass is 329 g/mol. The van der Waals surface area contributed by atoms with Crippen LogP contribution < -0.4 is 0 Å². The first-order valence-electron chi connectivity index (χ1n) is 8.45. The van der Waals surface area contributed by atoms with E-state index < -0.39 is 5.41 Å². The SMILES string of the molecule is Cc1nc([C@H]2CCCN(C(=O)C3(c4ccccc4F)CC3)C2)no1. The van der Waals surface area contributed by atoms with Crippen molar-refractivity contribution in [3.63, 3.8) is 0 Å². The summed E-state index contributed by atoms with van der Waals surface area (Å²) in [4.78, 5) is 19.3. The number of benzene rings is 1. The molecular weight excluding hydrogens is 309 g/mol. The Hall–Kier alpha value is -2.24. The molecule has 1 aromatic carbocycles. The number of hydrogen-bond donors (Lipinski definition) is 0. The van der Waals surface area contributed by atoms with E-state index in [2.05, 4.69) is 10.1 Å². The van der Waals surface area contributed by atoms with Crippen LogP contribution in [0.3, 0.4) is 0 Å². The molecule has 1 aliphatic heterocycles. The van der Waals surface area contributed by atoms with Crippen molar-refractivity contribution in [2.24, 2.45) is 0 Å². The van der Waals surface area contributed by atoms with Crippen LogP contribution in [-0.4, -0.2) is 34.0 Å². The van der Waals surface area contributed by atoms with Gasteiger partial charge in [-0.25, -0.2) is 4.39 Å². The highest BCUT2D eigenvalue weighted by Crippen LogP contribution is 2.51. The molecule has 1 amide bonds. The van der Waals surface area contributed by atoms with E-state index in [1.807, 2.05) is 4.90 Å². The van der Waals surface area contributed by atoms with E-state index in [9.17, 15) is 9.18 Å². The Bertz CT molecular complexity index is 769. The third kappa shape index (κ3) is 2.50. The molecule has 1 aromatic heterocycles. The summed E-state index contributed by atoms with van der Waals surface area (Å²) in [6.45, 7) is 3.05. The Labute approximate surface area is 139 Å². The van der Waals surface area contributed by atoms with Gasteiger partial charge in [-0.05, 0) is 31.7 Å². The molecule has 1 saturated carbocycles. The molecule has 1 atom stereocenters. The number of aromatic nitrogens is 2. The van der Waals surface area contributed by atoms with E-state index in [1.54, 1.807) is 25.1 Å². The smallest absolute Gasteiger partial charge is 0.233 e. The summed E-state index contributed by atoms with van der Waals surface area (Å²) in [6.07, 6.45) is 3.28. The molecule has 5 nitrogen and oxygen atoms in total. The quantitative estimate of drug-likeness (QED) is 0.869. The minimum atomic E-state index is -0.666. The van der Waals surface area contributed by atoms with Gasteiger partial charge in [-0.2, -0.15) is 4.98 Å². The second-order valence-corrected chi connectivity index (χ2v) is 6.82. The van der Waals surface area contributed by atoms with Gasteiger partial charge in [-0.1, -0.05) is 23.4 Å². The molecule has 126 valence electrons. The van der Waals surface area contributed by atoms with Crippen LogP contribution >= 0.6 is 0 Å². The minimum Gasteiger partial charge on any atom is -0.341 e. The average molecular weight is 329 g/mol. The lowest BCUT2D eigenvalue weighted by atomic mass is 9.91. The van der Waals surface area contributed by atoms with Crippen molar-refractivity contribution in [3.8, 4) is 0 Å². The number of amides is 1. The van der Waals surface area contributed by atoms with Crippen LogP contribution in [-0.2, 0) is 10.2 Å². The van der Waals surface area contributed by atoms with Crippen molar-refractivity contribution < 1.29 is 13.7 Å². The van der Waals surface area contributed by atoms with Gasteiger partial charge in [0.2, 0.25) is 11.8 Å². The highest BCUT2D eigenvalue weighted by molar-refractivity contribution is 5.91. The summed E-state index contributed by atoms with van der Waals surface area (Å²) in [7, 11) is 0. The van der Waals surface area contributed by atoms with E-state index in [0.717, 1.165) is 25.7 Å². The number of halogens is 1. The Morgan fingerprint density at radius 2 is 2.17 bits per heavy atom. The fraction of sp³-hybridized carbons (Fsp3) is 0.500. The summed E-state index contributed by atoms with van der Waals surface area (Å²) in [5.74, 6) is 1.05. The molecule has 0 bridgehead atoms. The molecule has 0 N–H and O–H groups in total. The zero-order valence-electron chi connectivity index (χ0n) is 13.7. The van der Waals surface area contributed by atoms with Crippen LogP contribution in [0.25, 0.3) is 0 Å². The van der Waals surface area contributed by atoms with E-state index in [1.165, 1.54) is 6.07 Å². The number of nitrogens with zero attached hydrogens (tertiary/aromatic N) is 3. The summed E-state index contributed by atoms with van der Waals surface area (Å²) < 4.78 is 19.3. The first-order valence-corrected chi connectivity index (χ1v) is 8.45. The number of rotatable bonds is 3. The van der Waals surface area contributed by atoms with Crippen LogP contribution in [0, 0.1) is 12.7 Å². The molecule has 0 radical (unpaired) electrons. The molecule has 0 spiro atoms. The van der Waals surface area contributed by atoms with Crippen LogP contribution in [0.1, 0.15) is 48.9 Å². The second-order valence-electron chi connectivity index (χ2n) is 6.82. The van der Waals surface area contributed by atoms with Crippen LogP contribution in [0.4, 0.5) is 4.39 Å². The fourth-order valence-corrected chi connectivity index (χ4v) is 3.73. The molecule has 2 aromatic rings. The number of hydrogen-bond acceptors (Lipinski definition) is 4. The number of likely N-dealkylation sites (tertiary alicyclic amines) is 1. The van der Waals surface area contributed by atoms with E-state index in [0.29, 0.717) is 30.4 Å². The first kappa shape index (κ1) is 15.3. The van der Waals surface area contributed by atoms with Gasteiger partial charge < -0.3 is 9.42 Å². The van der Waals surface area contributed by atoms with E-state index in [-0.39, 0.29) is 17.6 Å². The third-order valence-corrected chi connectivity index (χ3v) is 5.17. The lowest BCUT2D eigenvalue weighted by Gasteiger charge is -2.34. The Morgan fingerprint density at radius 1 is 1.38 bits per heavy atom. The van der Waals surface area contributed by atoms with Gasteiger partial charge in [0.05, 0.1) is 5.41 Å². The lowest BCUT2D eigenvalue weighted by Crippen LogP contribution is -2.45. The number of carbonyl (C=O) groups excluding carboxylic acids is 1. The lowest BCUT2D eigenvalue weighted by molar-refractivity contribution is -0.135. The summed E-state index contributed by atoms with van der Waals surface area (Å²) in [6, 6.07) is 6.63. The first-order chi connectivity index (χ1) is 11.6. The Kier molecular flexibility index (Phi) is 3.62. The molecule has 24 heavy (non-hydrogen) atoms. The van der Waals surface area contributed by atoms with Gasteiger partial charge in [0.25, 0.3) is 0 Å². The van der Waals surface area contributed by atoms with Crippen molar-refractivity contribution in [3.05, 3.63) is 47.4 Å². The zero-order valence-corrected chi connectivity index (χ0v) is 13.7. The van der Waals surface area contributed by atoms with Gasteiger partial charge in [-0.15, -0.1) is 0 Å². The average Bonchev–Trinajstić information content (AvgIpc) is 3.29. The maximum absolute atomic E-state index is 14.2. The Balaban J connectivity index is 1.55. The number of carbonyl (C=O) groups is 1. The number of aryl methyl sites for hydroxylation is 1. The van der Waals surface area contributed by atoms with Crippen molar-refractivity contribution in [2.45, 2.75) is 43.9 Å². The van der Waals surface area contributed by atoms with Crippen LogP contribution in [0.15, 0.2) is 28.8 Å². The zero-order chi connectivity index (χ0) is 16.7. The highest BCUT2D eigenvalue weighted by Gasteiger charge is 2.54. The normalized spacial score (nSPS) is 22.4. The molecule has 4 rings (SSSR count). The molecule has 1 aliphatic carbocycles. The highest BCUT2D eigenvalue weighted by atomic mass is 19.1. The van der Waals surface area contributed by atoms with Crippen molar-refractivity contribution in [1.29, 1.82) is 0 Å². The van der Waals surface area contributed by atoms with Gasteiger partial charge in [-0.3, -0.25) is 4.79 Å². The van der Waals surface area contributed by atoms with Gasteiger partial charge >= 0.3 is 0 Å². The van der Waals surface area contributed by atoms with Gasteiger partial charge in [0.1, 0.15) is 5.82 Å². The minimum absolute atomic E-state index is 0.0394. The molecule has 2 fully saturated rings. The van der Waals surface area contributed by atoms with E-state index >= 15 is 0 Å². The molecule has 1 saturated heterocycles. The molecule has 0 unspecified atom stereocenters. The molecular formula is C18H20FN3O2. The summed E-state index contributed by atoms with van der Waals surface area (Å²) in [5, 5.41) is 4.00. The van der Waals surface area contributed by atoms with Crippen molar-refractivity contribution in [2.75, 3.05) is 13.1 Å². The van der Waals surface area contributed by atoms with Gasteiger partial charge in [0, 0.05) is 31.5 Å². The fourth-order valence-electron chi connectivity index (χ4n) is 3.73. The number of piperidine rings is 1. The standard InChI is InChI=1S/C18H20FN3O2/c1-12-20-16(21-24-12)13-5-4-10-22(11-13)17(23)18(8-9-18)14-6-2-3-7-15(14)19/h2-3,6-7,13H,4-5,8-11H2,1H3/t13-/m0/s1. The molecule has 2 aliphatic rings. The van der Waals surface area contributed by atoms with Crippen LogP contribution in [0.2, 0.25) is 0 Å². The van der Waals surface area contributed by atoms with Gasteiger partial charge in [0.15, 0.2) is 5.82 Å². The third-order valence-electron chi connectivity index (χ3n) is 5.17. The van der Waals surface area contributed by atoms with E-state index in [4.69, 9.17) is 4.52 Å². The van der Waals surface area contributed by atoms with Crippen molar-refractivity contribution >= 4 is 5.91 Å². The molecule has 6 heteroatoms. The summed E-state index contributed by atoms with van der Waals surface area (Å²) >= 11 is 0. The van der Waals surface area contributed by atoms with Crippen LogP contribution in [0.5, 0.6) is 0 Å². The largest absolute Gasteiger partial charge is 0.341 e. The summed E-state index contributed by atoms with van der Waals surface area (Å²) in [5.41, 5.74) is -0.132. The topological polar surface area (TPSA) is 59.2 Å². The second kappa shape index (κ2) is 5.69. The maximum Gasteiger partial charge on any atom is 0.233 e. The predicted molar refractivity (Wildman–Crippen MR) is 84.9 cm³/mol. The Morgan fingerprint density at radius 3 is 2.83 bits per heavy atom. The molecule has 2 heterocycles. The van der Waals surface area contributed by atoms with Crippen molar-refractivity contribution in [1.82, 2.24) is 15.0 Å².